The Morgan fingerprint density at radius 1 is 1.09 bits per heavy atom. The molecular weight excluding hydrogens is 308 g/mol. The Balaban J connectivity index is 1.48. The average molecular weight is 328 g/mol. The van der Waals surface area contributed by atoms with Gasteiger partial charge in [-0.3, -0.25) is 4.21 Å². The molecule has 2 N–H and O–H groups in total. The van der Waals surface area contributed by atoms with Crippen LogP contribution in [0.4, 0.5) is 4.79 Å². The Labute approximate surface area is 138 Å². The molecule has 0 radical (unpaired) electrons. The summed E-state index contributed by atoms with van der Waals surface area (Å²) < 4.78 is 11.3. The number of benzene rings is 2. The van der Waals surface area contributed by atoms with E-state index in [0.29, 0.717) is 6.54 Å². The first-order valence-corrected chi connectivity index (χ1v) is 9.21. The van der Waals surface area contributed by atoms with Gasteiger partial charge in [0.2, 0.25) is 0 Å². The third-order valence-corrected chi connectivity index (χ3v) is 5.03. The number of rotatable bonds is 4. The van der Waals surface area contributed by atoms with Crippen LogP contribution in [0.15, 0.2) is 53.4 Å². The van der Waals surface area contributed by atoms with Gasteiger partial charge >= 0.3 is 6.03 Å². The number of carbonyl (C=O) groups excluding carboxylic acids is 1. The van der Waals surface area contributed by atoms with Crippen molar-refractivity contribution in [3.05, 3.63) is 65.2 Å². The number of hydrogen-bond donors (Lipinski definition) is 2. The van der Waals surface area contributed by atoms with E-state index in [2.05, 4.69) is 22.8 Å². The van der Waals surface area contributed by atoms with Crippen molar-refractivity contribution in [2.24, 2.45) is 0 Å². The van der Waals surface area contributed by atoms with E-state index in [1.54, 1.807) is 6.26 Å². The van der Waals surface area contributed by atoms with Crippen molar-refractivity contribution in [1.82, 2.24) is 10.6 Å². The molecule has 23 heavy (non-hydrogen) atoms. The minimum absolute atomic E-state index is 0.147. The van der Waals surface area contributed by atoms with E-state index in [-0.39, 0.29) is 12.1 Å². The molecule has 120 valence electrons. The molecule has 3 rings (SSSR count). The fourth-order valence-corrected chi connectivity index (χ4v) is 3.40. The Bertz CT molecular complexity index is 703. The monoisotopic (exact) mass is 328 g/mol. The van der Waals surface area contributed by atoms with Crippen molar-refractivity contribution in [1.29, 1.82) is 0 Å². The molecule has 0 fully saturated rings. The molecule has 0 spiro atoms. The van der Waals surface area contributed by atoms with Crippen LogP contribution in [-0.2, 0) is 30.2 Å². The molecule has 0 saturated carbocycles. The summed E-state index contributed by atoms with van der Waals surface area (Å²) in [5, 5.41) is 5.90. The number of fused-ring (bicyclic) bond motifs is 1. The third kappa shape index (κ3) is 3.99. The first-order chi connectivity index (χ1) is 11.1. The minimum Gasteiger partial charge on any atom is -0.335 e. The summed E-state index contributed by atoms with van der Waals surface area (Å²) in [5.41, 5.74) is 3.63. The molecule has 0 saturated heterocycles. The SMILES string of the molecule is C[S@@](=O)c1ccc(CNC(=O)NC2Cc3ccccc3C2)cc1. The highest BCUT2D eigenvalue weighted by atomic mass is 32.2. The van der Waals surface area contributed by atoms with Gasteiger partial charge in [-0.2, -0.15) is 0 Å². The van der Waals surface area contributed by atoms with Gasteiger partial charge in [0, 0.05) is 34.5 Å². The van der Waals surface area contributed by atoms with E-state index in [4.69, 9.17) is 0 Å². The van der Waals surface area contributed by atoms with Gasteiger partial charge in [0.25, 0.3) is 0 Å². The fraction of sp³-hybridized carbons (Fsp3) is 0.278. The van der Waals surface area contributed by atoms with Crippen LogP contribution >= 0.6 is 0 Å². The van der Waals surface area contributed by atoms with E-state index in [0.717, 1.165) is 23.3 Å². The molecule has 0 unspecified atom stereocenters. The number of carbonyl (C=O) groups is 1. The second kappa shape index (κ2) is 6.96. The standard InChI is InChI=1S/C18H20N2O2S/c1-23(22)17-8-6-13(7-9-17)12-19-18(21)20-16-10-14-4-2-3-5-15(14)11-16/h2-9,16H,10-12H2,1H3,(H2,19,20,21)/t23-/m1/s1. The number of urea groups is 1. The van der Waals surface area contributed by atoms with E-state index in [9.17, 15) is 9.00 Å². The van der Waals surface area contributed by atoms with E-state index >= 15 is 0 Å². The van der Waals surface area contributed by atoms with Crippen molar-refractivity contribution >= 4 is 16.8 Å². The smallest absolute Gasteiger partial charge is 0.315 e. The highest BCUT2D eigenvalue weighted by molar-refractivity contribution is 7.84. The lowest BCUT2D eigenvalue weighted by molar-refractivity contribution is 0.237. The topological polar surface area (TPSA) is 58.2 Å². The van der Waals surface area contributed by atoms with Gasteiger partial charge in [-0.05, 0) is 41.7 Å². The van der Waals surface area contributed by atoms with Crippen LogP contribution in [0.1, 0.15) is 16.7 Å². The van der Waals surface area contributed by atoms with Gasteiger partial charge in [-0.1, -0.05) is 36.4 Å². The van der Waals surface area contributed by atoms with Gasteiger partial charge in [0.05, 0.1) is 0 Å². The summed E-state index contributed by atoms with van der Waals surface area (Å²) in [7, 11) is -0.972. The summed E-state index contributed by atoms with van der Waals surface area (Å²) in [5.74, 6) is 0. The predicted molar refractivity (Wildman–Crippen MR) is 91.8 cm³/mol. The Morgan fingerprint density at radius 3 is 2.26 bits per heavy atom. The lowest BCUT2D eigenvalue weighted by Gasteiger charge is -2.13. The zero-order chi connectivity index (χ0) is 16.2. The maximum Gasteiger partial charge on any atom is 0.315 e. The Morgan fingerprint density at radius 2 is 1.70 bits per heavy atom. The molecule has 2 aromatic rings. The van der Waals surface area contributed by atoms with Crippen LogP contribution in [-0.4, -0.2) is 22.5 Å². The number of amides is 2. The van der Waals surface area contributed by atoms with Gasteiger partial charge in [-0.25, -0.2) is 4.79 Å². The maximum absolute atomic E-state index is 12.0. The van der Waals surface area contributed by atoms with E-state index < -0.39 is 10.8 Å². The van der Waals surface area contributed by atoms with Gasteiger partial charge in [0.15, 0.2) is 0 Å². The molecule has 1 aliphatic rings. The van der Waals surface area contributed by atoms with Gasteiger partial charge < -0.3 is 10.6 Å². The van der Waals surface area contributed by atoms with E-state index in [1.165, 1.54) is 11.1 Å². The summed E-state index contributed by atoms with van der Waals surface area (Å²) in [4.78, 5) is 12.8. The molecule has 1 aliphatic carbocycles. The molecule has 0 aromatic heterocycles. The van der Waals surface area contributed by atoms with Gasteiger partial charge in [0.1, 0.15) is 0 Å². The zero-order valence-electron chi connectivity index (χ0n) is 13.0. The molecule has 0 heterocycles. The predicted octanol–water partition coefficient (Wildman–Crippen LogP) is 2.39. The Hall–Kier alpha value is -2.14. The molecule has 4 nitrogen and oxygen atoms in total. The van der Waals surface area contributed by atoms with Crippen molar-refractivity contribution in [3.63, 3.8) is 0 Å². The average Bonchev–Trinajstić information content (AvgIpc) is 2.95. The van der Waals surface area contributed by atoms with Crippen LogP contribution in [0.2, 0.25) is 0 Å². The quantitative estimate of drug-likeness (QED) is 0.905. The summed E-state index contributed by atoms with van der Waals surface area (Å²) >= 11 is 0. The Kier molecular flexibility index (Phi) is 4.76. The normalized spacial score (nSPS) is 15.0. The molecule has 0 bridgehead atoms. The molecule has 0 aliphatic heterocycles. The molecule has 2 aromatic carbocycles. The van der Waals surface area contributed by atoms with Crippen LogP contribution in [0.25, 0.3) is 0 Å². The molecule has 5 heteroatoms. The first kappa shape index (κ1) is 15.7. The van der Waals surface area contributed by atoms with Crippen molar-refractivity contribution in [2.75, 3.05) is 6.26 Å². The van der Waals surface area contributed by atoms with Crippen LogP contribution < -0.4 is 10.6 Å². The number of hydrogen-bond acceptors (Lipinski definition) is 2. The third-order valence-electron chi connectivity index (χ3n) is 4.09. The van der Waals surface area contributed by atoms with Crippen LogP contribution in [0.5, 0.6) is 0 Å². The van der Waals surface area contributed by atoms with Crippen LogP contribution in [0, 0.1) is 0 Å². The molecular formula is C18H20N2O2S. The highest BCUT2D eigenvalue weighted by Gasteiger charge is 2.22. The zero-order valence-corrected chi connectivity index (χ0v) is 13.9. The lowest BCUT2D eigenvalue weighted by atomic mass is 10.1. The van der Waals surface area contributed by atoms with E-state index in [1.807, 2.05) is 36.4 Å². The minimum atomic E-state index is -0.972. The first-order valence-electron chi connectivity index (χ1n) is 7.65. The van der Waals surface area contributed by atoms with Gasteiger partial charge in [-0.15, -0.1) is 0 Å². The second-order valence-electron chi connectivity index (χ2n) is 5.80. The summed E-state index contributed by atoms with van der Waals surface area (Å²) in [6.07, 6.45) is 3.43. The van der Waals surface area contributed by atoms with Crippen molar-refractivity contribution < 1.29 is 9.00 Å². The van der Waals surface area contributed by atoms with Crippen molar-refractivity contribution in [3.8, 4) is 0 Å². The lowest BCUT2D eigenvalue weighted by Crippen LogP contribution is -2.42. The summed E-state index contributed by atoms with van der Waals surface area (Å²) in [6.45, 7) is 0.460. The number of nitrogens with one attached hydrogen (secondary N) is 2. The van der Waals surface area contributed by atoms with Crippen molar-refractivity contribution in [2.45, 2.75) is 30.3 Å². The molecule has 1 atom stereocenters. The fourth-order valence-electron chi connectivity index (χ4n) is 2.88. The maximum atomic E-state index is 12.0. The largest absolute Gasteiger partial charge is 0.335 e. The molecule has 2 amide bonds. The van der Waals surface area contributed by atoms with Crippen LogP contribution in [0.3, 0.4) is 0 Å². The highest BCUT2D eigenvalue weighted by Crippen LogP contribution is 2.21. The summed E-state index contributed by atoms with van der Waals surface area (Å²) in [6, 6.07) is 15.8. The second-order valence-corrected chi connectivity index (χ2v) is 7.18.